The Morgan fingerprint density at radius 1 is 1.12 bits per heavy atom. The van der Waals surface area contributed by atoms with Gasteiger partial charge in [0.05, 0.1) is 16.1 Å². The van der Waals surface area contributed by atoms with Crippen molar-refractivity contribution in [3.8, 4) is 0 Å². The van der Waals surface area contributed by atoms with Gasteiger partial charge < -0.3 is 5.32 Å². The molecule has 0 bridgehead atoms. The highest BCUT2D eigenvalue weighted by Gasteiger charge is 2.16. The Bertz CT molecular complexity index is 989. The average molecular weight is 379 g/mol. The minimum Gasteiger partial charge on any atom is -0.321 e. The SMILES string of the molecule is O=C(Nc1ccc(S(=O)(=O)Nc2ncccn2)cc1)c1[nH]ncc1Cl. The molecular formula is C14H11ClN6O3S. The number of nitrogens with zero attached hydrogens (tertiary/aromatic N) is 3. The second kappa shape index (κ2) is 6.87. The van der Waals surface area contributed by atoms with Crippen LogP contribution in [-0.4, -0.2) is 34.5 Å². The van der Waals surface area contributed by atoms with E-state index in [4.69, 9.17) is 11.6 Å². The van der Waals surface area contributed by atoms with Crippen LogP contribution < -0.4 is 10.0 Å². The van der Waals surface area contributed by atoms with E-state index in [0.29, 0.717) is 5.69 Å². The summed E-state index contributed by atoms with van der Waals surface area (Å²) in [7, 11) is -3.83. The third-order valence-corrected chi connectivity index (χ3v) is 4.66. The molecule has 0 aliphatic carbocycles. The van der Waals surface area contributed by atoms with E-state index in [2.05, 4.69) is 30.2 Å². The van der Waals surface area contributed by atoms with Crippen molar-refractivity contribution in [2.75, 3.05) is 10.0 Å². The van der Waals surface area contributed by atoms with Crippen LogP contribution in [0.2, 0.25) is 5.02 Å². The molecule has 2 heterocycles. The van der Waals surface area contributed by atoms with Gasteiger partial charge in [-0.1, -0.05) is 11.6 Å². The van der Waals surface area contributed by atoms with Gasteiger partial charge in [-0.05, 0) is 30.3 Å². The molecule has 0 spiro atoms. The summed E-state index contributed by atoms with van der Waals surface area (Å²) in [4.78, 5) is 19.6. The number of sulfonamides is 1. The van der Waals surface area contributed by atoms with E-state index in [1.807, 2.05) is 0 Å². The zero-order valence-electron chi connectivity index (χ0n) is 12.5. The quantitative estimate of drug-likeness (QED) is 0.621. The van der Waals surface area contributed by atoms with Gasteiger partial charge in [0.25, 0.3) is 15.9 Å². The van der Waals surface area contributed by atoms with Crippen LogP contribution in [-0.2, 0) is 10.0 Å². The highest BCUT2D eigenvalue weighted by molar-refractivity contribution is 7.92. The van der Waals surface area contributed by atoms with Gasteiger partial charge in [-0.25, -0.2) is 23.1 Å². The Labute approximate surface area is 147 Å². The molecule has 0 saturated heterocycles. The summed E-state index contributed by atoms with van der Waals surface area (Å²) in [5.74, 6) is -0.525. The largest absolute Gasteiger partial charge is 0.321 e. The molecule has 1 amide bonds. The van der Waals surface area contributed by atoms with Gasteiger partial charge >= 0.3 is 0 Å². The topological polar surface area (TPSA) is 130 Å². The maximum absolute atomic E-state index is 12.3. The zero-order chi connectivity index (χ0) is 17.9. The van der Waals surface area contributed by atoms with Crippen molar-refractivity contribution < 1.29 is 13.2 Å². The second-order valence-corrected chi connectivity index (χ2v) is 6.84. The number of amides is 1. The summed E-state index contributed by atoms with van der Waals surface area (Å²) in [5.41, 5.74) is 0.506. The fraction of sp³-hybridized carbons (Fsp3) is 0. The average Bonchev–Trinajstić information content (AvgIpc) is 3.02. The molecule has 9 nitrogen and oxygen atoms in total. The van der Waals surface area contributed by atoms with Crippen molar-refractivity contribution in [3.05, 3.63) is 59.6 Å². The summed E-state index contributed by atoms with van der Waals surface area (Å²) in [5, 5.41) is 8.89. The molecule has 11 heteroatoms. The standard InChI is InChI=1S/C14H11ClN6O3S/c15-11-8-18-20-12(11)13(22)19-9-2-4-10(5-3-9)25(23,24)21-14-16-6-1-7-17-14/h1-8H,(H,18,20)(H,19,22)(H,16,17,21). The number of hydrogen-bond acceptors (Lipinski definition) is 6. The van der Waals surface area contributed by atoms with Gasteiger partial charge in [0, 0.05) is 18.1 Å². The van der Waals surface area contributed by atoms with Gasteiger partial charge in [-0.15, -0.1) is 0 Å². The zero-order valence-corrected chi connectivity index (χ0v) is 14.0. The van der Waals surface area contributed by atoms with Crippen LogP contribution >= 0.6 is 11.6 Å². The predicted octanol–water partition coefficient (Wildman–Crippen LogP) is 1.91. The highest BCUT2D eigenvalue weighted by atomic mass is 35.5. The third-order valence-electron chi connectivity index (χ3n) is 3.03. The van der Waals surface area contributed by atoms with Crippen LogP contribution in [0.15, 0.2) is 53.8 Å². The maximum Gasteiger partial charge on any atom is 0.275 e. The van der Waals surface area contributed by atoms with Crippen molar-refractivity contribution in [1.29, 1.82) is 0 Å². The summed E-state index contributed by atoms with van der Waals surface area (Å²) < 4.78 is 26.8. The normalized spacial score (nSPS) is 11.1. The molecule has 3 rings (SSSR count). The number of carbonyl (C=O) groups excluding carboxylic acids is 1. The van der Waals surface area contributed by atoms with Gasteiger partial charge in [0.15, 0.2) is 0 Å². The van der Waals surface area contributed by atoms with E-state index in [0.717, 1.165) is 0 Å². The number of hydrogen-bond donors (Lipinski definition) is 3. The smallest absolute Gasteiger partial charge is 0.275 e. The Morgan fingerprint density at radius 2 is 1.80 bits per heavy atom. The number of halogens is 1. The Balaban J connectivity index is 1.73. The molecule has 0 saturated carbocycles. The lowest BCUT2D eigenvalue weighted by molar-refractivity contribution is 0.102. The Kier molecular flexibility index (Phi) is 4.63. The third kappa shape index (κ3) is 3.92. The molecule has 0 unspecified atom stereocenters. The summed E-state index contributed by atoms with van der Waals surface area (Å²) in [6, 6.07) is 7.15. The number of nitrogens with one attached hydrogen (secondary N) is 3. The first-order valence-corrected chi connectivity index (χ1v) is 8.72. The van der Waals surface area contributed by atoms with Crippen LogP contribution in [0.1, 0.15) is 10.5 Å². The van der Waals surface area contributed by atoms with E-state index in [1.54, 1.807) is 6.07 Å². The molecule has 0 atom stereocenters. The lowest BCUT2D eigenvalue weighted by Crippen LogP contribution is -2.15. The maximum atomic E-state index is 12.3. The van der Waals surface area contributed by atoms with Crippen molar-refractivity contribution in [2.24, 2.45) is 0 Å². The van der Waals surface area contributed by atoms with Gasteiger partial charge in [-0.2, -0.15) is 5.10 Å². The molecule has 2 aromatic heterocycles. The number of carbonyl (C=O) groups is 1. The Morgan fingerprint density at radius 3 is 2.40 bits per heavy atom. The fourth-order valence-corrected chi connectivity index (χ4v) is 3.01. The van der Waals surface area contributed by atoms with Crippen LogP contribution in [0.5, 0.6) is 0 Å². The van der Waals surface area contributed by atoms with Crippen molar-refractivity contribution in [1.82, 2.24) is 20.2 Å². The van der Waals surface area contributed by atoms with Crippen molar-refractivity contribution in [3.63, 3.8) is 0 Å². The molecule has 25 heavy (non-hydrogen) atoms. The summed E-state index contributed by atoms with van der Waals surface area (Å²) >= 11 is 5.81. The van der Waals surface area contributed by atoms with Crippen LogP contribution in [0.25, 0.3) is 0 Å². The van der Waals surface area contributed by atoms with Crippen LogP contribution in [0, 0.1) is 0 Å². The van der Waals surface area contributed by atoms with E-state index in [-0.39, 0.29) is 21.6 Å². The molecule has 3 N–H and O–H groups in total. The first kappa shape index (κ1) is 16.9. The lowest BCUT2D eigenvalue weighted by Gasteiger charge is -2.08. The van der Waals surface area contributed by atoms with E-state index >= 15 is 0 Å². The lowest BCUT2D eigenvalue weighted by atomic mass is 10.3. The highest BCUT2D eigenvalue weighted by Crippen LogP contribution is 2.18. The first-order chi connectivity index (χ1) is 12.0. The van der Waals surface area contributed by atoms with E-state index in [9.17, 15) is 13.2 Å². The minimum atomic E-state index is -3.83. The molecule has 1 aromatic carbocycles. The van der Waals surface area contributed by atoms with Gasteiger partial charge in [0.1, 0.15) is 5.69 Å². The summed E-state index contributed by atoms with van der Waals surface area (Å²) in [6.45, 7) is 0. The number of benzene rings is 1. The number of aromatic amines is 1. The summed E-state index contributed by atoms with van der Waals surface area (Å²) in [6.07, 6.45) is 4.15. The van der Waals surface area contributed by atoms with Crippen molar-refractivity contribution in [2.45, 2.75) is 4.90 Å². The second-order valence-electron chi connectivity index (χ2n) is 4.75. The first-order valence-electron chi connectivity index (χ1n) is 6.86. The van der Waals surface area contributed by atoms with Crippen LogP contribution in [0.3, 0.4) is 0 Å². The van der Waals surface area contributed by atoms with Crippen LogP contribution in [0.4, 0.5) is 11.6 Å². The molecule has 0 aliphatic heterocycles. The van der Waals surface area contributed by atoms with Gasteiger partial charge in [0.2, 0.25) is 5.95 Å². The number of anilines is 2. The monoisotopic (exact) mass is 378 g/mol. The minimum absolute atomic E-state index is 0.00229. The molecule has 0 aliphatic rings. The molecule has 0 fully saturated rings. The molecule has 128 valence electrons. The molecule has 3 aromatic rings. The fourth-order valence-electron chi connectivity index (χ4n) is 1.87. The number of aromatic nitrogens is 4. The van der Waals surface area contributed by atoms with E-state index in [1.165, 1.54) is 42.9 Å². The van der Waals surface area contributed by atoms with Gasteiger partial charge in [-0.3, -0.25) is 9.89 Å². The number of H-pyrrole nitrogens is 1. The molecule has 0 radical (unpaired) electrons. The Hall–Kier alpha value is -2.98. The number of rotatable bonds is 5. The molecular weight excluding hydrogens is 368 g/mol. The predicted molar refractivity (Wildman–Crippen MR) is 90.8 cm³/mol. The van der Waals surface area contributed by atoms with Crippen molar-refractivity contribution >= 4 is 39.2 Å². The van der Waals surface area contributed by atoms with E-state index < -0.39 is 15.9 Å².